The maximum absolute atomic E-state index is 12.4. The maximum atomic E-state index is 12.4. The summed E-state index contributed by atoms with van der Waals surface area (Å²) in [5, 5.41) is 10.1. The van der Waals surface area contributed by atoms with Crippen molar-refractivity contribution in [3.8, 4) is 11.4 Å². The first-order valence-corrected chi connectivity index (χ1v) is 10.7. The van der Waals surface area contributed by atoms with Crippen LogP contribution in [0.1, 0.15) is 60.9 Å². The van der Waals surface area contributed by atoms with Crippen LogP contribution in [0.5, 0.6) is 5.75 Å². The van der Waals surface area contributed by atoms with Gasteiger partial charge in [0, 0.05) is 18.2 Å². The van der Waals surface area contributed by atoms with E-state index in [0.717, 1.165) is 31.2 Å². The topological polar surface area (TPSA) is 111 Å². The van der Waals surface area contributed by atoms with E-state index in [0.29, 0.717) is 23.7 Å². The molecule has 2 saturated carbocycles. The molecule has 8 nitrogen and oxygen atoms in total. The van der Waals surface area contributed by atoms with E-state index >= 15 is 0 Å². The first-order valence-electron chi connectivity index (χ1n) is 10.7. The number of hydrogen-bond donors (Lipinski definition) is 3. The summed E-state index contributed by atoms with van der Waals surface area (Å²) >= 11 is 0. The van der Waals surface area contributed by atoms with Crippen LogP contribution >= 0.6 is 0 Å². The standard InChI is InChI=1S/C22H29N5O3/c1-14-7-8-16(21(28)26-17-9-10-17)11-18(14)27-20(23)19(13-25-27)30-22(29)24-12-15-5-3-2-4-6-15/h7-8,11,13,15,17H,2-6,9-10,12,23H2,1H3,(H,24,29)(H,26,28). The van der Waals surface area contributed by atoms with Crippen molar-refractivity contribution >= 4 is 17.8 Å². The van der Waals surface area contributed by atoms with Crippen LogP contribution in [0.2, 0.25) is 0 Å². The van der Waals surface area contributed by atoms with Crippen LogP contribution < -0.4 is 21.1 Å². The molecule has 1 heterocycles. The number of rotatable bonds is 6. The fourth-order valence-corrected chi connectivity index (χ4v) is 3.84. The molecule has 0 spiro atoms. The summed E-state index contributed by atoms with van der Waals surface area (Å²) in [5.41, 5.74) is 8.33. The average molecular weight is 412 g/mol. The largest absolute Gasteiger partial charge is 0.412 e. The third-order valence-corrected chi connectivity index (χ3v) is 5.85. The average Bonchev–Trinajstić information content (AvgIpc) is 3.50. The molecule has 0 saturated heterocycles. The third kappa shape index (κ3) is 4.75. The number of ether oxygens (including phenoxy) is 1. The molecule has 0 bridgehead atoms. The third-order valence-electron chi connectivity index (χ3n) is 5.85. The van der Waals surface area contributed by atoms with Crippen LogP contribution in [0.15, 0.2) is 24.4 Å². The Morgan fingerprint density at radius 1 is 1.20 bits per heavy atom. The number of nitrogen functional groups attached to an aromatic ring is 1. The van der Waals surface area contributed by atoms with Crippen molar-refractivity contribution < 1.29 is 14.3 Å². The second-order valence-corrected chi connectivity index (χ2v) is 8.33. The summed E-state index contributed by atoms with van der Waals surface area (Å²) in [6.45, 7) is 2.53. The highest BCUT2D eigenvalue weighted by molar-refractivity contribution is 5.95. The maximum Gasteiger partial charge on any atom is 0.412 e. The fraction of sp³-hybridized carbons (Fsp3) is 0.500. The minimum Gasteiger partial charge on any atom is -0.405 e. The smallest absolute Gasteiger partial charge is 0.405 e. The predicted octanol–water partition coefficient (Wildman–Crippen LogP) is 3.32. The van der Waals surface area contributed by atoms with Crippen molar-refractivity contribution in [3.05, 3.63) is 35.5 Å². The zero-order valence-electron chi connectivity index (χ0n) is 17.3. The van der Waals surface area contributed by atoms with Gasteiger partial charge in [-0.3, -0.25) is 4.79 Å². The second kappa shape index (κ2) is 8.77. The van der Waals surface area contributed by atoms with Gasteiger partial charge in [-0.15, -0.1) is 0 Å². The molecule has 2 aromatic rings. The summed E-state index contributed by atoms with van der Waals surface area (Å²) in [6.07, 6.45) is 8.96. The van der Waals surface area contributed by atoms with Gasteiger partial charge in [-0.1, -0.05) is 25.3 Å². The highest BCUT2D eigenvalue weighted by Crippen LogP contribution is 2.27. The van der Waals surface area contributed by atoms with E-state index in [1.54, 1.807) is 12.1 Å². The Morgan fingerprint density at radius 3 is 2.70 bits per heavy atom. The molecule has 0 atom stereocenters. The van der Waals surface area contributed by atoms with Crippen LogP contribution in [0, 0.1) is 12.8 Å². The number of aryl methyl sites for hydroxylation is 1. The number of carbonyl (C=O) groups is 2. The fourth-order valence-electron chi connectivity index (χ4n) is 3.84. The molecular weight excluding hydrogens is 382 g/mol. The first kappa shape index (κ1) is 20.3. The van der Waals surface area contributed by atoms with E-state index in [2.05, 4.69) is 15.7 Å². The zero-order chi connectivity index (χ0) is 21.1. The zero-order valence-corrected chi connectivity index (χ0v) is 17.3. The van der Waals surface area contributed by atoms with E-state index in [1.165, 1.54) is 30.1 Å². The molecule has 0 unspecified atom stereocenters. The SMILES string of the molecule is Cc1ccc(C(=O)NC2CC2)cc1-n1ncc(OC(=O)NCC2CCCCC2)c1N. The van der Waals surface area contributed by atoms with E-state index in [1.807, 2.05) is 13.0 Å². The molecule has 0 aliphatic heterocycles. The van der Waals surface area contributed by atoms with Gasteiger partial charge in [-0.05, 0) is 56.2 Å². The summed E-state index contributed by atoms with van der Waals surface area (Å²) in [5.74, 6) is 0.815. The van der Waals surface area contributed by atoms with Gasteiger partial charge < -0.3 is 21.1 Å². The minimum atomic E-state index is -0.527. The van der Waals surface area contributed by atoms with E-state index in [9.17, 15) is 9.59 Å². The molecule has 1 aromatic carbocycles. The normalized spacial score (nSPS) is 16.8. The van der Waals surface area contributed by atoms with Gasteiger partial charge in [0.1, 0.15) is 0 Å². The van der Waals surface area contributed by atoms with Gasteiger partial charge in [-0.25, -0.2) is 9.48 Å². The van der Waals surface area contributed by atoms with Gasteiger partial charge in [0.05, 0.1) is 11.9 Å². The molecule has 2 amide bonds. The second-order valence-electron chi connectivity index (χ2n) is 8.33. The summed E-state index contributed by atoms with van der Waals surface area (Å²) < 4.78 is 6.87. The van der Waals surface area contributed by atoms with Crippen molar-refractivity contribution in [3.63, 3.8) is 0 Å². The van der Waals surface area contributed by atoms with Gasteiger partial charge in [0.2, 0.25) is 0 Å². The van der Waals surface area contributed by atoms with Crippen LogP contribution in [-0.4, -0.2) is 34.4 Å². The van der Waals surface area contributed by atoms with Gasteiger partial charge in [0.25, 0.3) is 5.91 Å². The monoisotopic (exact) mass is 411 g/mol. The predicted molar refractivity (Wildman–Crippen MR) is 114 cm³/mol. The number of amides is 2. The number of aromatic nitrogens is 2. The Morgan fingerprint density at radius 2 is 1.97 bits per heavy atom. The number of hydrogen-bond acceptors (Lipinski definition) is 5. The van der Waals surface area contributed by atoms with Crippen molar-refractivity contribution in [2.24, 2.45) is 5.92 Å². The lowest BCUT2D eigenvalue weighted by Gasteiger charge is -2.21. The summed E-state index contributed by atoms with van der Waals surface area (Å²) in [7, 11) is 0. The van der Waals surface area contributed by atoms with Crippen LogP contribution in [0.3, 0.4) is 0 Å². The number of benzene rings is 1. The van der Waals surface area contributed by atoms with Gasteiger partial charge in [-0.2, -0.15) is 5.10 Å². The number of nitrogens with two attached hydrogens (primary N) is 1. The minimum absolute atomic E-state index is 0.108. The molecule has 4 N–H and O–H groups in total. The highest BCUT2D eigenvalue weighted by Gasteiger charge is 2.24. The lowest BCUT2D eigenvalue weighted by molar-refractivity contribution is 0.0951. The molecular formula is C22H29N5O3. The van der Waals surface area contributed by atoms with Crippen LogP contribution in [0.4, 0.5) is 10.6 Å². The Balaban J connectivity index is 1.43. The Bertz CT molecular complexity index is 929. The Labute approximate surface area is 176 Å². The van der Waals surface area contributed by atoms with Gasteiger partial charge >= 0.3 is 6.09 Å². The van der Waals surface area contributed by atoms with Crippen molar-refractivity contribution in [2.75, 3.05) is 12.3 Å². The molecule has 2 aliphatic rings. The van der Waals surface area contributed by atoms with E-state index < -0.39 is 6.09 Å². The molecule has 1 aromatic heterocycles. The van der Waals surface area contributed by atoms with E-state index in [4.69, 9.17) is 10.5 Å². The van der Waals surface area contributed by atoms with Crippen LogP contribution in [0.25, 0.3) is 5.69 Å². The van der Waals surface area contributed by atoms with Crippen molar-refractivity contribution in [1.29, 1.82) is 0 Å². The summed E-state index contributed by atoms with van der Waals surface area (Å²) in [6, 6.07) is 5.68. The molecule has 2 fully saturated rings. The molecule has 4 rings (SSSR count). The number of nitrogens with zero attached hydrogens (tertiary/aromatic N) is 2. The van der Waals surface area contributed by atoms with Crippen molar-refractivity contribution in [2.45, 2.75) is 57.9 Å². The number of carbonyl (C=O) groups excluding carboxylic acids is 2. The molecule has 0 radical (unpaired) electrons. The van der Waals surface area contributed by atoms with E-state index in [-0.39, 0.29) is 23.5 Å². The molecule has 8 heteroatoms. The Hall–Kier alpha value is -3.03. The van der Waals surface area contributed by atoms with Crippen molar-refractivity contribution in [1.82, 2.24) is 20.4 Å². The van der Waals surface area contributed by atoms with Crippen LogP contribution in [-0.2, 0) is 0 Å². The number of anilines is 1. The van der Waals surface area contributed by atoms with Gasteiger partial charge in [0.15, 0.2) is 11.6 Å². The Kier molecular flexibility index (Phi) is 5.92. The molecule has 30 heavy (non-hydrogen) atoms. The molecule has 160 valence electrons. The lowest BCUT2D eigenvalue weighted by Crippen LogP contribution is -2.32. The lowest BCUT2D eigenvalue weighted by atomic mass is 9.89. The quantitative estimate of drug-likeness (QED) is 0.675. The number of nitrogens with one attached hydrogen (secondary N) is 2. The summed E-state index contributed by atoms with van der Waals surface area (Å²) in [4.78, 5) is 24.6. The highest BCUT2D eigenvalue weighted by atomic mass is 16.6. The first-order chi connectivity index (χ1) is 14.5. The molecule has 2 aliphatic carbocycles.